The number of benzene rings is 1. The number of rotatable bonds is 2. The summed E-state index contributed by atoms with van der Waals surface area (Å²) in [5.41, 5.74) is 7.25. The lowest BCUT2D eigenvalue weighted by Crippen LogP contribution is -2.23. The molecule has 14 heavy (non-hydrogen) atoms. The van der Waals surface area contributed by atoms with Gasteiger partial charge in [-0.25, -0.2) is 0 Å². The fourth-order valence-electron chi connectivity index (χ4n) is 1.98. The third kappa shape index (κ3) is 1.92. The Balaban J connectivity index is 2.17. The average Bonchev–Trinajstić information content (AvgIpc) is 2.70. The first kappa shape index (κ1) is 9.97. The molecule has 0 aliphatic carbocycles. The molecule has 1 heterocycles. The number of nitrogens with two attached hydrogens (primary N) is 1. The van der Waals surface area contributed by atoms with E-state index in [1.807, 2.05) is 24.3 Å². The molecule has 0 radical (unpaired) electrons. The Morgan fingerprint density at radius 1 is 1.43 bits per heavy atom. The lowest BCUT2D eigenvalue weighted by Gasteiger charge is -2.19. The van der Waals surface area contributed by atoms with Crippen molar-refractivity contribution in [2.45, 2.75) is 12.5 Å². The smallest absolute Gasteiger partial charge is 0.0453 e. The third-order valence-electron chi connectivity index (χ3n) is 2.87. The molecule has 0 spiro atoms. The highest BCUT2D eigenvalue weighted by Crippen LogP contribution is 2.29. The molecular formula is C11H15ClN2. The van der Waals surface area contributed by atoms with E-state index < -0.39 is 0 Å². The summed E-state index contributed by atoms with van der Waals surface area (Å²) in [6.07, 6.45) is 1.15. The molecule has 1 fully saturated rings. The fraction of sp³-hybridized carbons (Fsp3) is 0.455. The van der Waals surface area contributed by atoms with Gasteiger partial charge in [0.2, 0.25) is 0 Å². The molecule has 0 amide bonds. The van der Waals surface area contributed by atoms with Crippen molar-refractivity contribution in [3.63, 3.8) is 0 Å². The van der Waals surface area contributed by atoms with Crippen LogP contribution < -0.4 is 11.1 Å². The first-order valence-electron chi connectivity index (χ1n) is 5.00. The monoisotopic (exact) mass is 210 g/mol. The quantitative estimate of drug-likeness (QED) is 0.783. The predicted octanol–water partition coefficient (Wildman–Crippen LogP) is 1.95. The van der Waals surface area contributed by atoms with Crippen molar-refractivity contribution in [3.05, 3.63) is 34.9 Å². The Labute approximate surface area is 89.4 Å². The molecule has 2 unspecified atom stereocenters. The summed E-state index contributed by atoms with van der Waals surface area (Å²) in [4.78, 5) is 0. The molecule has 1 saturated heterocycles. The molecule has 0 aromatic heterocycles. The van der Waals surface area contributed by atoms with Crippen molar-refractivity contribution in [2.75, 3.05) is 13.1 Å². The van der Waals surface area contributed by atoms with Gasteiger partial charge in [0.15, 0.2) is 0 Å². The maximum Gasteiger partial charge on any atom is 0.0453 e. The van der Waals surface area contributed by atoms with Gasteiger partial charge in [0.25, 0.3) is 0 Å². The van der Waals surface area contributed by atoms with Crippen LogP contribution >= 0.6 is 11.6 Å². The molecule has 3 heteroatoms. The Kier molecular flexibility index (Phi) is 3.06. The molecule has 2 nitrogen and oxygen atoms in total. The van der Waals surface area contributed by atoms with Crippen molar-refractivity contribution in [1.82, 2.24) is 5.32 Å². The standard InChI is InChI=1S/C11H15ClN2/c12-10-4-2-1-3-9(10)11(13)8-5-6-14-7-8/h1-4,8,11,14H,5-7,13H2. The molecule has 0 bridgehead atoms. The third-order valence-corrected chi connectivity index (χ3v) is 3.21. The average molecular weight is 211 g/mol. The molecule has 2 rings (SSSR count). The number of hydrogen-bond acceptors (Lipinski definition) is 2. The summed E-state index contributed by atoms with van der Waals surface area (Å²) in [7, 11) is 0. The second kappa shape index (κ2) is 4.30. The predicted molar refractivity (Wildman–Crippen MR) is 59.4 cm³/mol. The highest BCUT2D eigenvalue weighted by molar-refractivity contribution is 6.31. The van der Waals surface area contributed by atoms with Gasteiger partial charge in [0.1, 0.15) is 0 Å². The second-order valence-corrected chi connectivity index (χ2v) is 4.21. The van der Waals surface area contributed by atoms with Crippen LogP contribution in [0.15, 0.2) is 24.3 Å². The van der Waals surface area contributed by atoms with Crippen LogP contribution in [0.4, 0.5) is 0 Å². The Morgan fingerprint density at radius 3 is 2.86 bits per heavy atom. The Morgan fingerprint density at radius 2 is 2.21 bits per heavy atom. The van der Waals surface area contributed by atoms with Gasteiger partial charge in [-0.2, -0.15) is 0 Å². The SMILES string of the molecule is NC(c1ccccc1Cl)C1CCNC1. The van der Waals surface area contributed by atoms with E-state index in [0.717, 1.165) is 30.1 Å². The molecule has 3 N–H and O–H groups in total. The summed E-state index contributed by atoms with van der Waals surface area (Å²) >= 11 is 6.10. The lowest BCUT2D eigenvalue weighted by molar-refractivity contribution is 0.470. The number of nitrogens with one attached hydrogen (secondary N) is 1. The zero-order valence-electron chi connectivity index (χ0n) is 8.04. The minimum atomic E-state index is 0.0682. The number of hydrogen-bond donors (Lipinski definition) is 2. The van der Waals surface area contributed by atoms with Crippen LogP contribution in [0.5, 0.6) is 0 Å². The highest BCUT2D eigenvalue weighted by atomic mass is 35.5. The van der Waals surface area contributed by atoms with E-state index in [1.54, 1.807) is 0 Å². The van der Waals surface area contributed by atoms with Gasteiger partial charge in [-0.3, -0.25) is 0 Å². The summed E-state index contributed by atoms with van der Waals surface area (Å²) < 4.78 is 0. The van der Waals surface area contributed by atoms with Crippen LogP contribution in [0.3, 0.4) is 0 Å². The lowest BCUT2D eigenvalue weighted by atomic mass is 9.93. The van der Waals surface area contributed by atoms with Gasteiger partial charge >= 0.3 is 0 Å². The van der Waals surface area contributed by atoms with Crippen molar-refractivity contribution in [3.8, 4) is 0 Å². The van der Waals surface area contributed by atoms with Gasteiger partial charge in [-0.05, 0) is 37.1 Å². The highest BCUT2D eigenvalue weighted by Gasteiger charge is 2.24. The van der Waals surface area contributed by atoms with Crippen molar-refractivity contribution < 1.29 is 0 Å². The Bertz CT molecular complexity index is 308. The fourth-order valence-corrected chi connectivity index (χ4v) is 2.24. The summed E-state index contributed by atoms with van der Waals surface area (Å²) in [5, 5.41) is 4.10. The maximum atomic E-state index is 6.18. The van der Waals surface area contributed by atoms with Crippen molar-refractivity contribution in [2.24, 2.45) is 11.7 Å². The molecule has 0 saturated carbocycles. The van der Waals surface area contributed by atoms with E-state index in [0.29, 0.717) is 5.92 Å². The minimum absolute atomic E-state index is 0.0682. The van der Waals surface area contributed by atoms with E-state index in [-0.39, 0.29) is 6.04 Å². The molecule has 1 aliphatic rings. The van der Waals surface area contributed by atoms with E-state index in [1.165, 1.54) is 0 Å². The van der Waals surface area contributed by atoms with Crippen LogP contribution in [0.1, 0.15) is 18.0 Å². The zero-order chi connectivity index (χ0) is 9.97. The van der Waals surface area contributed by atoms with E-state index >= 15 is 0 Å². The van der Waals surface area contributed by atoms with Crippen LogP contribution in [0.25, 0.3) is 0 Å². The molecule has 76 valence electrons. The largest absolute Gasteiger partial charge is 0.324 e. The normalized spacial score (nSPS) is 23.7. The van der Waals surface area contributed by atoms with E-state index in [4.69, 9.17) is 17.3 Å². The van der Waals surface area contributed by atoms with Crippen LogP contribution in [0, 0.1) is 5.92 Å². The molecule has 1 aliphatic heterocycles. The maximum absolute atomic E-state index is 6.18. The van der Waals surface area contributed by atoms with Gasteiger partial charge in [-0.1, -0.05) is 29.8 Å². The van der Waals surface area contributed by atoms with Gasteiger partial charge < -0.3 is 11.1 Å². The summed E-state index contributed by atoms with van der Waals surface area (Å²) in [6.45, 7) is 2.08. The Hall–Kier alpha value is -0.570. The first-order chi connectivity index (χ1) is 6.79. The van der Waals surface area contributed by atoms with Gasteiger partial charge in [0, 0.05) is 11.1 Å². The second-order valence-electron chi connectivity index (χ2n) is 3.80. The van der Waals surface area contributed by atoms with Crippen LogP contribution in [0.2, 0.25) is 5.02 Å². The zero-order valence-corrected chi connectivity index (χ0v) is 8.80. The molecule has 1 aromatic rings. The first-order valence-corrected chi connectivity index (χ1v) is 5.37. The molecular weight excluding hydrogens is 196 g/mol. The number of halogens is 1. The summed E-state index contributed by atoms with van der Waals surface area (Å²) in [5.74, 6) is 0.523. The van der Waals surface area contributed by atoms with Crippen LogP contribution in [-0.2, 0) is 0 Å². The molecule has 1 aromatic carbocycles. The van der Waals surface area contributed by atoms with E-state index in [9.17, 15) is 0 Å². The van der Waals surface area contributed by atoms with Crippen molar-refractivity contribution in [1.29, 1.82) is 0 Å². The van der Waals surface area contributed by atoms with Crippen LogP contribution in [-0.4, -0.2) is 13.1 Å². The van der Waals surface area contributed by atoms with Crippen molar-refractivity contribution >= 4 is 11.6 Å². The summed E-state index contributed by atoms with van der Waals surface area (Å²) in [6, 6.07) is 7.91. The van der Waals surface area contributed by atoms with Gasteiger partial charge in [-0.15, -0.1) is 0 Å². The van der Waals surface area contributed by atoms with E-state index in [2.05, 4.69) is 5.32 Å². The van der Waals surface area contributed by atoms with Gasteiger partial charge in [0.05, 0.1) is 0 Å². The minimum Gasteiger partial charge on any atom is -0.324 e. The molecule has 2 atom stereocenters. The topological polar surface area (TPSA) is 38.0 Å².